The molecule has 2 aromatic carbocycles. The van der Waals surface area contributed by atoms with Gasteiger partial charge in [-0.05, 0) is 41.7 Å². The van der Waals surface area contributed by atoms with Crippen molar-refractivity contribution in [2.45, 2.75) is 26.2 Å². The van der Waals surface area contributed by atoms with Crippen LogP contribution < -0.4 is 10.1 Å². The van der Waals surface area contributed by atoms with E-state index < -0.39 is 5.97 Å². The third-order valence-electron chi connectivity index (χ3n) is 4.01. The van der Waals surface area contributed by atoms with E-state index in [0.29, 0.717) is 23.8 Å². The summed E-state index contributed by atoms with van der Waals surface area (Å²) in [7, 11) is 1.32. The van der Waals surface area contributed by atoms with Gasteiger partial charge in [0.05, 0.1) is 12.7 Å². The molecular formula is C21H25NO4. The number of carbonyl (C=O) groups is 2. The largest absolute Gasteiger partial charge is 0.484 e. The van der Waals surface area contributed by atoms with Gasteiger partial charge in [-0.1, -0.05) is 44.2 Å². The predicted octanol–water partition coefficient (Wildman–Crippen LogP) is 3.33. The number of ether oxygens (including phenoxy) is 2. The van der Waals surface area contributed by atoms with Crippen molar-refractivity contribution in [2.24, 2.45) is 0 Å². The van der Waals surface area contributed by atoms with Crippen LogP contribution in [0.5, 0.6) is 5.75 Å². The number of nitrogens with one attached hydrogen (secondary N) is 1. The maximum Gasteiger partial charge on any atom is 0.337 e. The minimum atomic E-state index is -0.441. The molecule has 0 bridgehead atoms. The molecule has 0 radical (unpaired) electrons. The number of rotatable bonds is 8. The number of amides is 1. The van der Waals surface area contributed by atoms with Gasteiger partial charge in [0.15, 0.2) is 6.61 Å². The Morgan fingerprint density at radius 1 is 1.08 bits per heavy atom. The van der Waals surface area contributed by atoms with Crippen LogP contribution in [0.2, 0.25) is 0 Å². The Balaban J connectivity index is 1.74. The zero-order valence-corrected chi connectivity index (χ0v) is 15.5. The first-order valence-electron chi connectivity index (χ1n) is 8.66. The summed E-state index contributed by atoms with van der Waals surface area (Å²) < 4.78 is 10.1. The molecule has 0 unspecified atom stereocenters. The molecule has 2 aromatic rings. The molecular weight excluding hydrogens is 330 g/mol. The predicted molar refractivity (Wildman–Crippen MR) is 101 cm³/mol. The fourth-order valence-electron chi connectivity index (χ4n) is 2.45. The second-order valence-electron chi connectivity index (χ2n) is 6.30. The van der Waals surface area contributed by atoms with Gasteiger partial charge in [0.2, 0.25) is 0 Å². The van der Waals surface area contributed by atoms with E-state index in [2.05, 4.69) is 48.2 Å². The Kier molecular flexibility index (Phi) is 7.21. The first kappa shape index (κ1) is 19.5. The first-order valence-corrected chi connectivity index (χ1v) is 8.66. The maximum absolute atomic E-state index is 11.9. The first-order chi connectivity index (χ1) is 12.5. The number of hydrogen-bond acceptors (Lipinski definition) is 4. The normalized spacial score (nSPS) is 10.5. The van der Waals surface area contributed by atoms with E-state index in [0.717, 1.165) is 6.42 Å². The third-order valence-corrected chi connectivity index (χ3v) is 4.01. The molecule has 0 saturated carbocycles. The van der Waals surface area contributed by atoms with Crippen LogP contribution in [0.25, 0.3) is 0 Å². The van der Waals surface area contributed by atoms with E-state index in [4.69, 9.17) is 4.74 Å². The summed E-state index contributed by atoms with van der Waals surface area (Å²) in [5.74, 6) is 0.321. The highest BCUT2D eigenvalue weighted by Crippen LogP contribution is 2.15. The number of benzene rings is 2. The van der Waals surface area contributed by atoms with Crippen LogP contribution in [0.3, 0.4) is 0 Å². The van der Waals surface area contributed by atoms with Crippen molar-refractivity contribution < 1.29 is 19.1 Å². The molecule has 1 amide bonds. The second kappa shape index (κ2) is 9.61. The van der Waals surface area contributed by atoms with Crippen LogP contribution >= 0.6 is 0 Å². The van der Waals surface area contributed by atoms with Gasteiger partial charge < -0.3 is 14.8 Å². The van der Waals surface area contributed by atoms with Gasteiger partial charge in [-0.15, -0.1) is 0 Å². The number of carbonyl (C=O) groups excluding carboxylic acids is 2. The van der Waals surface area contributed by atoms with Gasteiger partial charge in [0, 0.05) is 6.54 Å². The Labute approximate surface area is 154 Å². The second-order valence-corrected chi connectivity index (χ2v) is 6.30. The minimum absolute atomic E-state index is 0.100. The van der Waals surface area contributed by atoms with E-state index in [1.54, 1.807) is 24.3 Å². The monoisotopic (exact) mass is 355 g/mol. The van der Waals surface area contributed by atoms with Crippen molar-refractivity contribution >= 4 is 11.9 Å². The minimum Gasteiger partial charge on any atom is -0.484 e. The molecule has 2 rings (SSSR count). The molecule has 0 aliphatic rings. The Morgan fingerprint density at radius 3 is 2.46 bits per heavy atom. The molecule has 0 aliphatic carbocycles. The molecule has 1 N–H and O–H groups in total. The van der Waals surface area contributed by atoms with Crippen LogP contribution in [0.15, 0.2) is 48.5 Å². The summed E-state index contributed by atoms with van der Waals surface area (Å²) in [6.45, 7) is 4.77. The van der Waals surface area contributed by atoms with Crippen LogP contribution in [-0.2, 0) is 16.0 Å². The standard InChI is InChI=1S/C21H25NO4/c1-15(2)17-9-7-16(8-10-17)11-12-22-20(23)14-26-19-6-4-5-18(13-19)21(24)25-3/h4-10,13,15H,11-12,14H2,1-3H3,(H,22,23). The average molecular weight is 355 g/mol. The van der Waals surface area contributed by atoms with Gasteiger partial charge in [0.25, 0.3) is 5.91 Å². The van der Waals surface area contributed by atoms with Crippen LogP contribution in [0.1, 0.15) is 41.3 Å². The zero-order valence-electron chi connectivity index (χ0n) is 15.5. The van der Waals surface area contributed by atoms with E-state index >= 15 is 0 Å². The third kappa shape index (κ3) is 5.92. The molecule has 5 heteroatoms. The average Bonchev–Trinajstić information content (AvgIpc) is 2.66. The highest BCUT2D eigenvalue weighted by atomic mass is 16.5. The Bertz CT molecular complexity index is 738. The molecule has 5 nitrogen and oxygen atoms in total. The molecule has 0 heterocycles. The highest BCUT2D eigenvalue weighted by molar-refractivity contribution is 5.89. The van der Waals surface area contributed by atoms with Crippen LogP contribution in [0.4, 0.5) is 0 Å². The molecule has 0 aromatic heterocycles. The lowest BCUT2D eigenvalue weighted by Gasteiger charge is -2.09. The van der Waals surface area contributed by atoms with Crippen molar-refractivity contribution in [2.75, 3.05) is 20.3 Å². The zero-order chi connectivity index (χ0) is 18.9. The lowest BCUT2D eigenvalue weighted by atomic mass is 10.0. The molecule has 0 aliphatic heterocycles. The topological polar surface area (TPSA) is 64.6 Å². The van der Waals surface area contributed by atoms with Crippen molar-refractivity contribution in [3.8, 4) is 5.75 Å². The van der Waals surface area contributed by atoms with E-state index in [1.165, 1.54) is 18.2 Å². The summed E-state index contributed by atoms with van der Waals surface area (Å²) in [6, 6.07) is 15.0. The van der Waals surface area contributed by atoms with Crippen molar-refractivity contribution in [3.05, 3.63) is 65.2 Å². The lowest BCUT2D eigenvalue weighted by molar-refractivity contribution is -0.123. The summed E-state index contributed by atoms with van der Waals surface area (Å²) in [5.41, 5.74) is 2.87. The van der Waals surface area contributed by atoms with Crippen LogP contribution in [-0.4, -0.2) is 32.1 Å². The maximum atomic E-state index is 11.9. The van der Waals surface area contributed by atoms with Gasteiger partial charge in [-0.3, -0.25) is 4.79 Å². The van der Waals surface area contributed by atoms with E-state index in [1.807, 2.05) is 0 Å². The van der Waals surface area contributed by atoms with Gasteiger partial charge >= 0.3 is 5.97 Å². The summed E-state index contributed by atoms with van der Waals surface area (Å²) in [6.07, 6.45) is 0.766. The van der Waals surface area contributed by atoms with Gasteiger partial charge in [-0.2, -0.15) is 0 Å². The summed E-state index contributed by atoms with van der Waals surface area (Å²) in [4.78, 5) is 23.4. The fourth-order valence-corrected chi connectivity index (χ4v) is 2.45. The molecule has 0 atom stereocenters. The van der Waals surface area contributed by atoms with Crippen molar-refractivity contribution in [1.29, 1.82) is 0 Å². The Hall–Kier alpha value is -2.82. The molecule has 0 saturated heterocycles. The van der Waals surface area contributed by atoms with E-state index in [9.17, 15) is 9.59 Å². The number of esters is 1. The van der Waals surface area contributed by atoms with Crippen molar-refractivity contribution in [3.63, 3.8) is 0 Å². The Morgan fingerprint density at radius 2 is 1.81 bits per heavy atom. The van der Waals surface area contributed by atoms with Gasteiger partial charge in [0.1, 0.15) is 5.75 Å². The summed E-state index contributed by atoms with van der Waals surface area (Å²) >= 11 is 0. The SMILES string of the molecule is COC(=O)c1cccc(OCC(=O)NCCc2ccc(C(C)C)cc2)c1. The van der Waals surface area contributed by atoms with Crippen LogP contribution in [0, 0.1) is 0 Å². The fraction of sp³-hybridized carbons (Fsp3) is 0.333. The number of methoxy groups -OCH3 is 1. The molecule has 26 heavy (non-hydrogen) atoms. The molecule has 0 spiro atoms. The van der Waals surface area contributed by atoms with Gasteiger partial charge in [-0.25, -0.2) is 4.79 Å². The highest BCUT2D eigenvalue weighted by Gasteiger charge is 2.08. The lowest BCUT2D eigenvalue weighted by Crippen LogP contribution is -2.30. The van der Waals surface area contributed by atoms with Crippen molar-refractivity contribution in [1.82, 2.24) is 5.32 Å². The molecule has 138 valence electrons. The number of hydrogen-bond donors (Lipinski definition) is 1. The quantitative estimate of drug-likeness (QED) is 0.738. The van der Waals surface area contributed by atoms with E-state index in [-0.39, 0.29) is 12.5 Å². The molecule has 0 fully saturated rings. The summed E-state index contributed by atoms with van der Waals surface area (Å²) in [5, 5.41) is 2.83. The smallest absolute Gasteiger partial charge is 0.337 e.